The number of rotatable bonds is 7. The third-order valence-corrected chi connectivity index (χ3v) is 6.95. The highest BCUT2D eigenvalue weighted by Crippen LogP contribution is 2.29. The van der Waals surface area contributed by atoms with Gasteiger partial charge in [0, 0.05) is 55.1 Å². The van der Waals surface area contributed by atoms with Crippen molar-refractivity contribution in [1.29, 1.82) is 5.26 Å². The third-order valence-electron chi connectivity index (χ3n) is 6.65. The van der Waals surface area contributed by atoms with Gasteiger partial charge in [-0.3, -0.25) is 14.6 Å². The van der Waals surface area contributed by atoms with Crippen LogP contribution in [0.2, 0.25) is 5.02 Å². The number of nitrogens with one attached hydrogen (secondary N) is 1. The van der Waals surface area contributed by atoms with Crippen LogP contribution in [0, 0.1) is 11.3 Å². The van der Waals surface area contributed by atoms with Gasteiger partial charge in [-0.25, -0.2) is 0 Å². The number of amides is 1. The smallest absolute Gasteiger partial charge is 0.255 e. The van der Waals surface area contributed by atoms with E-state index in [1.165, 1.54) is 5.56 Å². The molecule has 1 heterocycles. The normalized spacial score (nSPS) is 14.7. The van der Waals surface area contributed by atoms with E-state index in [-0.39, 0.29) is 18.1 Å². The summed E-state index contributed by atoms with van der Waals surface area (Å²) in [5.74, 6) is 0.290. The van der Waals surface area contributed by atoms with Crippen molar-refractivity contribution < 1.29 is 9.53 Å². The first-order valence-corrected chi connectivity index (χ1v) is 12.9. The van der Waals surface area contributed by atoms with Crippen molar-refractivity contribution in [3.63, 3.8) is 0 Å². The molecular weight excluding hydrogens is 484 g/mol. The van der Waals surface area contributed by atoms with Gasteiger partial charge in [0.25, 0.3) is 5.91 Å². The van der Waals surface area contributed by atoms with E-state index >= 15 is 0 Å². The lowest BCUT2D eigenvalue weighted by molar-refractivity contribution is 0.0591. The Hall–Kier alpha value is -3.37. The molecule has 1 aliphatic heterocycles. The summed E-state index contributed by atoms with van der Waals surface area (Å²) in [5.41, 5.74) is 3.93. The minimum atomic E-state index is -0.196. The minimum Gasteiger partial charge on any atom is -0.487 e. The maximum absolute atomic E-state index is 12.8. The lowest BCUT2D eigenvalue weighted by atomic mass is 10.0. The van der Waals surface area contributed by atoms with Crippen LogP contribution in [0.4, 0.5) is 5.69 Å². The molecule has 0 radical (unpaired) electrons. The highest BCUT2D eigenvalue weighted by Gasteiger charge is 2.25. The fourth-order valence-electron chi connectivity index (χ4n) is 4.41. The van der Waals surface area contributed by atoms with Gasteiger partial charge in [0.2, 0.25) is 0 Å². The van der Waals surface area contributed by atoms with Gasteiger partial charge in [-0.1, -0.05) is 41.9 Å². The number of anilines is 1. The largest absolute Gasteiger partial charge is 0.487 e. The van der Waals surface area contributed by atoms with Crippen molar-refractivity contribution in [2.75, 3.05) is 31.5 Å². The SMILES string of the molecule is CC(C)(C)N1CCN(Cc2ccc(C(=O)Nc3ccc(OCc4ccccc4C#N)c(Cl)c3)cc2)CC1. The van der Waals surface area contributed by atoms with Gasteiger partial charge >= 0.3 is 0 Å². The molecule has 0 atom stereocenters. The molecule has 1 N–H and O–H groups in total. The molecule has 1 fully saturated rings. The van der Waals surface area contributed by atoms with Crippen molar-refractivity contribution in [2.45, 2.75) is 39.5 Å². The Labute approximate surface area is 224 Å². The number of hydrogen-bond acceptors (Lipinski definition) is 5. The lowest BCUT2D eigenvalue weighted by Gasteiger charge is -2.42. The second kappa shape index (κ2) is 11.8. The van der Waals surface area contributed by atoms with E-state index in [2.05, 4.69) is 42.0 Å². The average molecular weight is 517 g/mol. The number of ether oxygens (including phenoxy) is 1. The molecule has 1 saturated heterocycles. The molecule has 37 heavy (non-hydrogen) atoms. The molecule has 1 aliphatic rings. The van der Waals surface area contributed by atoms with E-state index in [0.29, 0.717) is 27.6 Å². The number of carbonyl (C=O) groups is 1. The summed E-state index contributed by atoms with van der Waals surface area (Å²) in [6.07, 6.45) is 0. The predicted octanol–water partition coefficient (Wildman–Crippen LogP) is 5.96. The van der Waals surface area contributed by atoms with Gasteiger partial charge in [0.15, 0.2) is 0 Å². The Morgan fingerprint density at radius 3 is 2.38 bits per heavy atom. The van der Waals surface area contributed by atoms with Crippen LogP contribution >= 0.6 is 11.6 Å². The van der Waals surface area contributed by atoms with E-state index in [0.717, 1.165) is 38.3 Å². The van der Waals surface area contributed by atoms with Crippen LogP contribution in [0.25, 0.3) is 0 Å². The molecule has 3 aromatic rings. The standard InChI is InChI=1S/C30H33ClN4O2/c1-30(2,3)35-16-14-34(15-17-35)20-22-8-10-23(11-9-22)29(36)33-26-12-13-28(27(31)18-26)37-21-25-7-5-4-6-24(25)19-32/h4-13,18H,14-17,20-21H2,1-3H3,(H,33,36). The maximum Gasteiger partial charge on any atom is 0.255 e. The molecule has 3 aromatic carbocycles. The van der Waals surface area contributed by atoms with E-state index in [1.54, 1.807) is 24.3 Å². The zero-order valence-electron chi connectivity index (χ0n) is 21.6. The lowest BCUT2D eigenvalue weighted by Crippen LogP contribution is -2.53. The monoisotopic (exact) mass is 516 g/mol. The van der Waals surface area contributed by atoms with E-state index in [1.807, 2.05) is 42.5 Å². The second-order valence-corrected chi connectivity index (χ2v) is 10.7. The van der Waals surface area contributed by atoms with Crippen LogP contribution in [0.5, 0.6) is 5.75 Å². The molecule has 192 valence electrons. The minimum absolute atomic E-state index is 0.196. The Balaban J connectivity index is 1.30. The van der Waals surface area contributed by atoms with Crippen molar-refractivity contribution in [2.24, 2.45) is 0 Å². The van der Waals surface area contributed by atoms with E-state index in [9.17, 15) is 10.1 Å². The topological polar surface area (TPSA) is 68.6 Å². The van der Waals surface area contributed by atoms with Crippen LogP contribution in [0.3, 0.4) is 0 Å². The molecule has 4 rings (SSSR count). The zero-order chi connectivity index (χ0) is 26.4. The first-order valence-electron chi connectivity index (χ1n) is 12.5. The van der Waals surface area contributed by atoms with E-state index < -0.39 is 0 Å². The van der Waals surface area contributed by atoms with Crippen molar-refractivity contribution in [3.8, 4) is 11.8 Å². The van der Waals surface area contributed by atoms with Crippen LogP contribution in [-0.4, -0.2) is 47.4 Å². The van der Waals surface area contributed by atoms with Crippen LogP contribution < -0.4 is 10.1 Å². The molecule has 0 spiro atoms. The Kier molecular flexibility index (Phi) is 8.50. The first-order chi connectivity index (χ1) is 17.7. The summed E-state index contributed by atoms with van der Waals surface area (Å²) < 4.78 is 5.81. The summed E-state index contributed by atoms with van der Waals surface area (Å²) in [7, 11) is 0. The molecule has 7 heteroatoms. The van der Waals surface area contributed by atoms with Gasteiger partial charge in [-0.2, -0.15) is 5.26 Å². The number of halogens is 1. The molecule has 6 nitrogen and oxygen atoms in total. The zero-order valence-corrected chi connectivity index (χ0v) is 22.4. The Morgan fingerprint density at radius 1 is 1.03 bits per heavy atom. The van der Waals surface area contributed by atoms with Gasteiger partial charge < -0.3 is 10.1 Å². The third kappa shape index (κ3) is 7.11. The number of nitrogens with zero attached hydrogens (tertiary/aromatic N) is 3. The van der Waals surface area contributed by atoms with Gasteiger partial charge in [-0.15, -0.1) is 0 Å². The summed E-state index contributed by atoms with van der Waals surface area (Å²) in [5, 5.41) is 12.5. The maximum atomic E-state index is 12.8. The summed E-state index contributed by atoms with van der Waals surface area (Å²) >= 11 is 6.40. The van der Waals surface area contributed by atoms with Crippen LogP contribution in [0.1, 0.15) is 47.8 Å². The van der Waals surface area contributed by atoms with E-state index in [4.69, 9.17) is 16.3 Å². The molecule has 0 saturated carbocycles. The van der Waals surface area contributed by atoms with Crippen molar-refractivity contribution in [1.82, 2.24) is 9.80 Å². The summed E-state index contributed by atoms with van der Waals surface area (Å²) in [4.78, 5) is 17.8. The number of benzene rings is 3. The fraction of sp³-hybridized carbons (Fsp3) is 0.333. The highest BCUT2D eigenvalue weighted by atomic mass is 35.5. The van der Waals surface area contributed by atoms with Gasteiger partial charge in [0.05, 0.1) is 16.7 Å². The quantitative estimate of drug-likeness (QED) is 0.419. The summed E-state index contributed by atoms with van der Waals surface area (Å²) in [6.45, 7) is 12.1. The highest BCUT2D eigenvalue weighted by molar-refractivity contribution is 6.32. The summed E-state index contributed by atoms with van der Waals surface area (Å²) in [6, 6.07) is 22.3. The van der Waals surface area contributed by atoms with Crippen LogP contribution in [-0.2, 0) is 13.2 Å². The van der Waals surface area contributed by atoms with Crippen LogP contribution in [0.15, 0.2) is 66.7 Å². The van der Waals surface area contributed by atoms with Gasteiger partial charge in [0.1, 0.15) is 12.4 Å². The van der Waals surface area contributed by atoms with Crippen molar-refractivity contribution in [3.05, 3.63) is 94.0 Å². The molecule has 0 aromatic heterocycles. The Morgan fingerprint density at radius 2 is 1.73 bits per heavy atom. The first kappa shape index (κ1) is 26.7. The van der Waals surface area contributed by atoms with Crippen molar-refractivity contribution >= 4 is 23.2 Å². The molecular formula is C30H33ClN4O2. The Bertz CT molecular complexity index is 1270. The van der Waals surface area contributed by atoms with Gasteiger partial charge in [-0.05, 0) is 62.7 Å². The predicted molar refractivity (Wildman–Crippen MR) is 148 cm³/mol. The number of carbonyl (C=O) groups excluding carboxylic acids is 1. The average Bonchev–Trinajstić information content (AvgIpc) is 2.88. The number of nitriles is 1. The molecule has 0 aliphatic carbocycles. The molecule has 1 amide bonds. The number of hydrogen-bond donors (Lipinski definition) is 1. The molecule has 0 unspecified atom stereocenters. The second-order valence-electron chi connectivity index (χ2n) is 10.3. The number of piperazine rings is 1. The molecule has 0 bridgehead atoms. The fourth-order valence-corrected chi connectivity index (χ4v) is 4.64.